The van der Waals surface area contributed by atoms with Crippen LogP contribution in [0, 0.1) is 5.82 Å². The summed E-state index contributed by atoms with van der Waals surface area (Å²) in [7, 11) is 1.45. The van der Waals surface area contributed by atoms with Gasteiger partial charge in [0.2, 0.25) is 0 Å². The third kappa shape index (κ3) is 4.93. The molecule has 34 heavy (non-hydrogen) atoms. The van der Waals surface area contributed by atoms with E-state index >= 15 is 0 Å². The number of halogens is 4. The lowest BCUT2D eigenvalue weighted by atomic mass is 9.96. The number of benzene rings is 3. The smallest absolute Gasteiger partial charge is 0.434 e. The highest BCUT2D eigenvalue weighted by molar-refractivity contribution is 5.85. The molecule has 4 aromatic rings. The summed E-state index contributed by atoms with van der Waals surface area (Å²) < 4.78 is 65.2. The molecule has 0 saturated carbocycles. The van der Waals surface area contributed by atoms with E-state index < -0.39 is 11.9 Å². The van der Waals surface area contributed by atoms with E-state index in [1.54, 1.807) is 12.1 Å². The molecule has 3 aromatic carbocycles. The van der Waals surface area contributed by atoms with Gasteiger partial charge in [0.25, 0.3) is 0 Å². The maximum Gasteiger partial charge on any atom is 0.434 e. The molecule has 0 atom stereocenters. The minimum atomic E-state index is -4.75. The van der Waals surface area contributed by atoms with Crippen LogP contribution in [-0.4, -0.2) is 22.2 Å². The van der Waals surface area contributed by atoms with Gasteiger partial charge in [-0.2, -0.15) is 13.2 Å². The quantitative estimate of drug-likeness (QED) is 0.337. The Labute approximate surface area is 192 Å². The van der Waals surface area contributed by atoms with E-state index in [-0.39, 0.29) is 46.3 Å². The number of phenols is 1. The Morgan fingerprint density at radius 1 is 0.882 bits per heavy atom. The van der Waals surface area contributed by atoms with Crippen LogP contribution in [-0.2, 0) is 12.8 Å². The number of hydrogen-bond donors (Lipinski definition) is 1. The summed E-state index contributed by atoms with van der Waals surface area (Å²) in [4.78, 5) is 7.53. The largest absolute Gasteiger partial charge is 0.507 e. The van der Waals surface area contributed by atoms with Gasteiger partial charge in [-0.1, -0.05) is 24.3 Å². The molecule has 0 bridgehead atoms. The fraction of sp³-hybridized carbons (Fsp3) is 0.120. The van der Waals surface area contributed by atoms with E-state index in [0.717, 1.165) is 6.33 Å². The van der Waals surface area contributed by atoms with Crippen molar-refractivity contribution in [3.63, 3.8) is 0 Å². The van der Waals surface area contributed by atoms with Crippen LogP contribution in [0.1, 0.15) is 11.3 Å². The van der Waals surface area contributed by atoms with Crippen molar-refractivity contribution in [2.45, 2.75) is 12.8 Å². The molecule has 0 spiro atoms. The summed E-state index contributed by atoms with van der Waals surface area (Å²) in [6, 6.07) is 15.9. The van der Waals surface area contributed by atoms with Crippen molar-refractivity contribution in [2.24, 2.45) is 0 Å². The van der Waals surface area contributed by atoms with Crippen molar-refractivity contribution < 1.29 is 32.1 Å². The fourth-order valence-corrected chi connectivity index (χ4v) is 3.38. The molecule has 0 radical (unpaired) electrons. The van der Waals surface area contributed by atoms with E-state index in [1.165, 1.54) is 61.7 Å². The molecule has 9 heteroatoms. The number of rotatable bonds is 6. The number of nitrogens with zero attached hydrogens (tertiary/aromatic N) is 2. The molecule has 0 unspecified atom stereocenters. The molecule has 0 aliphatic rings. The van der Waals surface area contributed by atoms with E-state index in [9.17, 15) is 22.7 Å². The molecule has 4 rings (SSSR count). The second-order valence-electron chi connectivity index (χ2n) is 7.27. The first-order valence-electron chi connectivity index (χ1n) is 10.0. The Hall–Kier alpha value is -4.14. The first-order chi connectivity index (χ1) is 16.3. The number of aromatic nitrogens is 2. The number of hydrogen-bond acceptors (Lipinski definition) is 5. The lowest BCUT2D eigenvalue weighted by molar-refractivity contribution is -0.140. The lowest BCUT2D eigenvalue weighted by Crippen LogP contribution is -2.12. The average Bonchev–Trinajstić information content (AvgIpc) is 2.83. The van der Waals surface area contributed by atoms with Gasteiger partial charge in [0.1, 0.15) is 36.0 Å². The van der Waals surface area contributed by atoms with Crippen molar-refractivity contribution in [3.8, 4) is 39.6 Å². The highest BCUT2D eigenvalue weighted by Gasteiger charge is 2.37. The van der Waals surface area contributed by atoms with Crippen molar-refractivity contribution in [1.29, 1.82) is 0 Å². The zero-order valence-corrected chi connectivity index (χ0v) is 17.8. The molecule has 1 N–H and O–H groups in total. The Morgan fingerprint density at radius 2 is 1.56 bits per heavy atom. The monoisotopic (exact) mass is 470 g/mol. The lowest BCUT2D eigenvalue weighted by Gasteiger charge is -2.17. The SMILES string of the molecule is COc1ccc(-c2c(-c3ccc(OCc4ccc(F)cc4)cc3O)ncnc2C(F)(F)F)cc1. The second kappa shape index (κ2) is 9.38. The summed E-state index contributed by atoms with van der Waals surface area (Å²) in [6.07, 6.45) is -3.94. The van der Waals surface area contributed by atoms with Gasteiger partial charge in [0, 0.05) is 17.2 Å². The third-order valence-electron chi connectivity index (χ3n) is 5.04. The van der Waals surface area contributed by atoms with Crippen LogP contribution in [0.5, 0.6) is 17.2 Å². The number of methoxy groups -OCH3 is 1. The van der Waals surface area contributed by atoms with E-state index in [0.29, 0.717) is 11.3 Å². The van der Waals surface area contributed by atoms with Crippen LogP contribution in [0.15, 0.2) is 73.1 Å². The number of aromatic hydroxyl groups is 1. The third-order valence-corrected chi connectivity index (χ3v) is 5.04. The standard InChI is InChI=1S/C25H18F4N2O3/c1-33-18-8-4-16(5-9-18)22-23(30-14-31-24(22)25(27,28)29)20-11-10-19(12-21(20)32)34-13-15-2-6-17(26)7-3-15/h2-12,14,32H,13H2,1H3. The summed E-state index contributed by atoms with van der Waals surface area (Å²) >= 11 is 0. The van der Waals surface area contributed by atoms with Crippen LogP contribution in [0.2, 0.25) is 0 Å². The molecule has 0 fully saturated rings. The first kappa shape index (κ1) is 23.0. The Morgan fingerprint density at radius 3 is 2.18 bits per heavy atom. The van der Waals surface area contributed by atoms with Crippen LogP contribution < -0.4 is 9.47 Å². The molecule has 0 aliphatic carbocycles. The zero-order chi connectivity index (χ0) is 24.3. The molecule has 174 valence electrons. The topological polar surface area (TPSA) is 64.5 Å². The maximum absolute atomic E-state index is 13.8. The number of phenolic OH excluding ortho intramolecular Hbond substituents is 1. The predicted molar refractivity (Wildman–Crippen MR) is 117 cm³/mol. The van der Waals surface area contributed by atoms with Gasteiger partial charge in [-0.3, -0.25) is 0 Å². The van der Waals surface area contributed by atoms with E-state index in [1.807, 2.05) is 0 Å². The minimum Gasteiger partial charge on any atom is -0.507 e. The number of ether oxygens (including phenoxy) is 2. The highest BCUT2D eigenvalue weighted by Crippen LogP contribution is 2.43. The summed E-state index contributed by atoms with van der Waals surface area (Å²) in [5, 5.41) is 10.6. The molecule has 0 aliphatic heterocycles. The molecular weight excluding hydrogens is 452 g/mol. The van der Waals surface area contributed by atoms with Gasteiger partial charge in [-0.05, 0) is 47.5 Å². The van der Waals surface area contributed by atoms with Gasteiger partial charge in [-0.25, -0.2) is 14.4 Å². The van der Waals surface area contributed by atoms with Gasteiger partial charge in [0.15, 0.2) is 5.69 Å². The molecular formula is C25H18F4N2O3. The second-order valence-corrected chi connectivity index (χ2v) is 7.27. The Bertz CT molecular complexity index is 1290. The maximum atomic E-state index is 13.8. The summed E-state index contributed by atoms with van der Waals surface area (Å²) in [6.45, 7) is 0.113. The van der Waals surface area contributed by atoms with Crippen molar-refractivity contribution in [2.75, 3.05) is 7.11 Å². The Balaban J connectivity index is 1.72. The average molecular weight is 470 g/mol. The normalized spacial score (nSPS) is 11.3. The van der Waals surface area contributed by atoms with Crippen LogP contribution in [0.25, 0.3) is 22.4 Å². The predicted octanol–water partition coefficient (Wildman–Crippen LogP) is 6.26. The Kier molecular flexibility index (Phi) is 6.36. The number of alkyl halides is 3. The minimum absolute atomic E-state index is 0.0767. The van der Waals surface area contributed by atoms with Crippen LogP contribution in [0.3, 0.4) is 0 Å². The van der Waals surface area contributed by atoms with Gasteiger partial charge in [-0.15, -0.1) is 0 Å². The zero-order valence-electron chi connectivity index (χ0n) is 17.8. The fourth-order valence-electron chi connectivity index (χ4n) is 3.38. The van der Waals surface area contributed by atoms with Gasteiger partial charge < -0.3 is 14.6 Å². The van der Waals surface area contributed by atoms with E-state index in [4.69, 9.17) is 9.47 Å². The molecule has 1 heterocycles. The van der Waals surface area contributed by atoms with Crippen molar-refractivity contribution in [3.05, 3.63) is 90.1 Å². The van der Waals surface area contributed by atoms with Crippen molar-refractivity contribution >= 4 is 0 Å². The first-order valence-corrected chi connectivity index (χ1v) is 10.0. The van der Waals surface area contributed by atoms with Crippen molar-refractivity contribution in [1.82, 2.24) is 9.97 Å². The highest BCUT2D eigenvalue weighted by atomic mass is 19.4. The van der Waals surface area contributed by atoms with E-state index in [2.05, 4.69) is 9.97 Å². The van der Waals surface area contributed by atoms with Gasteiger partial charge in [0.05, 0.1) is 12.8 Å². The molecule has 0 saturated heterocycles. The van der Waals surface area contributed by atoms with Crippen LogP contribution in [0.4, 0.5) is 17.6 Å². The summed E-state index contributed by atoms with van der Waals surface area (Å²) in [5.74, 6) is 0.0579. The molecule has 0 amide bonds. The van der Waals surface area contributed by atoms with Gasteiger partial charge >= 0.3 is 6.18 Å². The molecule has 5 nitrogen and oxygen atoms in total. The van der Waals surface area contributed by atoms with Crippen LogP contribution >= 0.6 is 0 Å². The summed E-state index contributed by atoms with van der Waals surface area (Å²) in [5.41, 5.74) is -0.494. The molecule has 1 aromatic heterocycles.